The van der Waals surface area contributed by atoms with Crippen molar-refractivity contribution in [3.8, 4) is 11.5 Å². The lowest BCUT2D eigenvalue weighted by Crippen LogP contribution is -1.97. The zero-order valence-corrected chi connectivity index (χ0v) is 12.6. The van der Waals surface area contributed by atoms with Crippen LogP contribution in [0.15, 0.2) is 55.8 Å². The lowest BCUT2D eigenvalue weighted by molar-refractivity contribution is 0.473. The maximum atomic E-state index is 11.4. The molecular weight excluding hydrogens is 296 g/mol. The molecule has 6 heteroatoms. The average Bonchev–Trinajstić information content (AvgIpc) is 2.46. The van der Waals surface area contributed by atoms with E-state index < -0.39 is 5.63 Å². The van der Waals surface area contributed by atoms with Crippen molar-refractivity contribution in [3.63, 3.8) is 0 Å². The molecule has 0 aliphatic rings. The second-order valence-electron chi connectivity index (χ2n) is 5.26. The van der Waals surface area contributed by atoms with E-state index in [0.29, 0.717) is 16.7 Å². The number of aromatic hydroxyl groups is 2. The summed E-state index contributed by atoms with van der Waals surface area (Å²) in [6.07, 6.45) is 0. The number of azo groups is 1. The van der Waals surface area contributed by atoms with Gasteiger partial charge in [0.05, 0.1) is 5.69 Å². The van der Waals surface area contributed by atoms with E-state index in [1.54, 1.807) is 32.0 Å². The minimum Gasteiger partial charge on any atom is -0.508 e. The van der Waals surface area contributed by atoms with Gasteiger partial charge in [-0.1, -0.05) is 0 Å². The molecule has 3 rings (SSSR count). The third-order valence-corrected chi connectivity index (χ3v) is 3.49. The quantitative estimate of drug-likeness (QED) is 0.546. The molecule has 0 amide bonds. The van der Waals surface area contributed by atoms with Crippen LogP contribution in [-0.4, -0.2) is 10.2 Å². The first-order chi connectivity index (χ1) is 10.9. The number of hydrogen-bond donors (Lipinski definition) is 2. The largest absolute Gasteiger partial charge is 0.508 e. The molecule has 23 heavy (non-hydrogen) atoms. The van der Waals surface area contributed by atoms with E-state index in [4.69, 9.17) is 4.42 Å². The molecular formula is C17H14N2O4. The lowest BCUT2D eigenvalue weighted by atomic mass is 10.1. The normalized spacial score (nSPS) is 11.4. The molecule has 0 atom stereocenters. The van der Waals surface area contributed by atoms with E-state index in [9.17, 15) is 15.0 Å². The van der Waals surface area contributed by atoms with Crippen molar-refractivity contribution >= 4 is 22.3 Å². The van der Waals surface area contributed by atoms with Crippen LogP contribution in [0, 0.1) is 13.8 Å². The van der Waals surface area contributed by atoms with Crippen molar-refractivity contribution < 1.29 is 14.6 Å². The fourth-order valence-corrected chi connectivity index (χ4v) is 2.28. The fraction of sp³-hybridized carbons (Fsp3) is 0.118. The maximum Gasteiger partial charge on any atom is 0.336 e. The van der Waals surface area contributed by atoms with Crippen molar-refractivity contribution in [1.82, 2.24) is 0 Å². The van der Waals surface area contributed by atoms with Gasteiger partial charge in [-0.05, 0) is 49.2 Å². The van der Waals surface area contributed by atoms with Crippen molar-refractivity contribution in [2.24, 2.45) is 10.2 Å². The Balaban J connectivity index is 2.07. The van der Waals surface area contributed by atoms with Gasteiger partial charge in [-0.25, -0.2) is 4.79 Å². The van der Waals surface area contributed by atoms with E-state index in [1.165, 1.54) is 18.2 Å². The van der Waals surface area contributed by atoms with Gasteiger partial charge in [0.1, 0.15) is 22.8 Å². The first-order valence-corrected chi connectivity index (χ1v) is 6.93. The maximum absolute atomic E-state index is 11.4. The van der Waals surface area contributed by atoms with Gasteiger partial charge in [0.15, 0.2) is 0 Å². The van der Waals surface area contributed by atoms with Crippen molar-refractivity contribution in [1.29, 1.82) is 0 Å². The Morgan fingerprint density at radius 3 is 2.39 bits per heavy atom. The third kappa shape index (κ3) is 2.91. The average molecular weight is 310 g/mol. The molecule has 0 radical (unpaired) electrons. The number of phenolic OH excluding ortho intramolecular Hbond substituents is 2. The molecule has 0 aliphatic heterocycles. The summed E-state index contributed by atoms with van der Waals surface area (Å²) in [5, 5.41) is 28.2. The van der Waals surface area contributed by atoms with E-state index in [2.05, 4.69) is 10.2 Å². The second-order valence-corrected chi connectivity index (χ2v) is 5.26. The van der Waals surface area contributed by atoms with Crippen molar-refractivity contribution in [3.05, 3.63) is 57.9 Å². The van der Waals surface area contributed by atoms with Gasteiger partial charge < -0.3 is 14.6 Å². The molecule has 2 aromatic carbocycles. The predicted molar refractivity (Wildman–Crippen MR) is 85.9 cm³/mol. The molecule has 0 saturated heterocycles. The monoisotopic (exact) mass is 310 g/mol. The van der Waals surface area contributed by atoms with Crippen LogP contribution >= 0.6 is 0 Å². The van der Waals surface area contributed by atoms with Gasteiger partial charge in [0, 0.05) is 17.5 Å². The summed E-state index contributed by atoms with van der Waals surface area (Å²) >= 11 is 0. The van der Waals surface area contributed by atoms with Crippen LogP contribution in [0.4, 0.5) is 11.4 Å². The minimum absolute atomic E-state index is 0.133. The first-order valence-electron chi connectivity index (χ1n) is 6.93. The SMILES string of the molecule is Cc1cc(O)ccc1N=Nc1cc2c(C)cc(=O)oc2cc1O. The van der Waals surface area contributed by atoms with E-state index in [1.807, 2.05) is 0 Å². The number of fused-ring (bicyclic) bond motifs is 1. The zero-order chi connectivity index (χ0) is 16.6. The molecule has 0 saturated carbocycles. The summed E-state index contributed by atoms with van der Waals surface area (Å²) in [6.45, 7) is 3.58. The molecule has 0 bridgehead atoms. The molecule has 116 valence electrons. The Morgan fingerprint density at radius 1 is 0.913 bits per heavy atom. The van der Waals surface area contributed by atoms with Gasteiger partial charge in [0.25, 0.3) is 0 Å². The van der Waals surface area contributed by atoms with Crippen molar-refractivity contribution in [2.45, 2.75) is 13.8 Å². The van der Waals surface area contributed by atoms with Crippen LogP contribution in [0.5, 0.6) is 11.5 Å². The molecule has 3 aromatic rings. The summed E-state index contributed by atoms with van der Waals surface area (Å²) < 4.78 is 5.06. The first kappa shape index (κ1) is 14.8. The molecule has 0 fully saturated rings. The topological polar surface area (TPSA) is 95.4 Å². The molecule has 0 aliphatic carbocycles. The highest BCUT2D eigenvalue weighted by atomic mass is 16.4. The van der Waals surface area contributed by atoms with Gasteiger partial charge in [0.2, 0.25) is 0 Å². The molecule has 6 nitrogen and oxygen atoms in total. The van der Waals surface area contributed by atoms with E-state index in [-0.39, 0.29) is 17.2 Å². The standard InChI is InChI=1S/C17H14N2O4/c1-9-6-17(22)23-16-8-15(21)14(7-12(9)16)19-18-13-4-3-11(20)5-10(13)2/h3-8,20-21H,1-2H3. The van der Waals surface area contributed by atoms with Crippen LogP contribution in [0.2, 0.25) is 0 Å². The predicted octanol–water partition coefficient (Wildman–Crippen LogP) is 4.24. The summed E-state index contributed by atoms with van der Waals surface area (Å²) in [5.74, 6) is 0.0205. The molecule has 2 N–H and O–H groups in total. The number of aryl methyl sites for hydroxylation is 2. The lowest BCUT2D eigenvalue weighted by Gasteiger charge is -2.04. The van der Waals surface area contributed by atoms with Gasteiger partial charge in [-0.3, -0.25) is 0 Å². The van der Waals surface area contributed by atoms with Gasteiger partial charge in [-0.2, -0.15) is 5.11 Å². The Hall–Kier alpha value is -3.15. The summed E-state index contributed by atoms with van der Waals surface area (Å²) in [5.41, 5.74) is 2.17. The Bertz CT molecular complexity index is 990. The Labute approximate surface area is 131 Å². The number of hydrogen-bond acceptors (Lipinski definition) is 6. The van der Waals surface area contributed by atoms with Crippen LogP contribution in [0.3, 0.4) is 0 Å². The molecule has 1 heterocycles. The molecule has 1 aromatic heterocycles. The van der Waals surface area contributed by atoms with E-state index >= 15 is 0 Å². The Morgan fingerprint density at radius 2 is 1.65 bits per heavy atom. The number of nitrogens with zero attached hydrogens (tertiary/aromatic N) is 2. The summed E-state index contributed by atoms with van der Waals surface area (Å²) in [7, 11) is 0. The van der Waals surface area contributed by atoms with Crippen LogP contribution in [0.25, 0.3) is 11.0 Å². The second kappa shape index (κ2) is 5.57. The van der Waals surface area contributed by atoms with Crippen LogP contribution in [-0.2, 0) is 0 Å². The third-order valence-electron chi connectivity index (χ3n) is 3.49. The number of rotatable bonds is 2. The highest BCUT2D eigenvalue weighted by molar-refractivity contribution is 5.85. The summed E-state index contributed by atoms with van der Waals surface area (Å²) in [4.78, 5) is 11.4. The van der Waals surface area contributed by atoms with Crippen molar-refractivity contribution in [2.75, 3.05) is 0 Å². The minimum atomic E-state index is -0.469. The summed E-state index contributed by atoms with van der Waals surface area (Å²) in [6, 6.07) is 9.07. The smallest absolute Gasteiger partial charge is 0.336 e. The van der Waals surface area contributed by atoms with Crippen LogP contribution in [0.1, 0.15) is 11.1 Å². The molecule has 0 unspecified atom stereocenters. The Kier molecular flexibility index (Phi) is 3.57. The highest BCUT2D eigenvalue weighted by Crippen LogP contribution is 2.34. The van der Waals surface area contributed by atoms with Gasteiger partial charge in [-0.15, -0.1) is 5.11 Å². The number of phenols is 2. The zero-order valence-electron chi connectivity index (χ0n) is 12.6. The van der Waals surface area contributed by atoms with E-state index in [0.717, 1.165) is 11.1 Å². The van der Waals surface area contributed by atoms with Crippen LogP contribution < -0.4 is 5.63 Å². The highest BCUT2D eigenvalue weighted by Gasteiger charge is 2.08. The molecule has 0 spiro atoms. The number of benzene rings is 2. The fourth-order valence-electron chi connectivity index (χ4n) is 2.28. The van der Waals surface area contributed by atoms with Gasteiger partial charge >= 0.3 is 5.63 Å².